The molecule has 0 atom stereocenters. The molecule has 0 unspecified atom stereocenters. The molecule has 30 heavy (non-hydrogen) atoms. The molecular weight excluding hydrogens is 415 g/mol. The first-order valence-corrected chi connectivity index (χ1v) is 9.06. The number of nitrogens with zero attached hydrogens (tertiary/aromatic N) is 3. The van der Waals surface area contributed by atoms with Crippen LogP contribution in [-0.4, -0.2) is 33.9 Å². The van der Waals surface area contributed by atoms with E-state index in [0.717, 1.165) is 4.68 Å². The van der Waals surface area contributed by atoms with Gasteiger partial charge in [-0.25, -0.2) is 9.07 Å². The van der Waals surface area contributed by atoms with Crippen LogP contribution in [0.5, 0.6) is 5.75 Å². The zero-order valence-corrected chi connectivity index (χ0v) is 16.8. The van der Waals surface area contributed by atoms with Gasteiger partial charge in [-0.05, 0) is 42.8 Å². The number of hydrogen-bond acceptors (Lipinski definition) is 6. The number of amides is 2. The second kappa shape index (κ2) is 8.78. The summed E-state index contributed by atoms with van der Waals surface area (Å²) in [7, 11) is 1.45. The van der Waals surface area contributed by atoms with Crippen molar-refractivity contribution in [2.24, 2.45) is 0 Å². The van der Waals surface area contributed by atoms with E-state index >= 15 is 0 Å². The normalized spacial score (nSPS) is 10.5. The molecule has 2 aromatic carbocycles. The first-order valence-electron chi connectivity index (χ1n) is 8.68. The van der Waals surface area contributed by atoms with Crippen molar-refractivity contribution < 1.29 is 18.7 Å². The van der Waals surface area contributed by atoms with E-state index in [2.05, 4.69) is 20.9 Å². The van der Waals surface area contributed by atoms with Crippen LogP contribution in [0.25, 0.3) is 0 Å². The van der Waals surface area contributed by atoms with Crippen molar-refractivity contribution in [3.8, 4) is 5.75 Å². The second-order valence-corrected chi connectivity index (χ2v) is 6.73. The minimum Gasteiger partial charge on any atom is -0.495 e. The Bertz CT molecular complexity index is 1120. The van der Waals surface area contributed by atoms with Crippen LogP contribution in [0.4, 0.5) is 21.6 Å². The van der Waals surface area contributed by atoms with Crippen LogP contribution >= 0.6 is 11.6 Å². The highest BCUT2D eigenvalue weighted by Crippen LogP contribution is 2.28. The molecule has 0 aliphatic rings. The Balaban J connectivity index is 1.70. The van der Waals surface area contributed by atoms with Crippen molar-refractivity contribution >= 4 is 40.6 Å². The topological polar surface area (TPSA) is 124 Å². The summed E-state index contributed by atoms with van der Waals surface area (Å²) in [6.07, 6.45) is 0. The van der Waals surface area contributed by atoms with Crippen molar-refractivity contribution in [2.45, 2.75) is 13.5 Å². The Morgan fingerprint density at radius 1 is 1.23 bits per heavy atom. The Morgan fingerprint density at radius 3 is 2.70 bits per heavy atom. The summed E-state index contributed by atoms with van der Waals surface area (Å²) < 4.78 is 19.8. The van der Waals surface area contributed by atoms with E-state index in [9.17, 15) is 14.0 Å². The minimum absolute atomic E-state index is 0.112. The standard InChI is InChI=1S/C19H18ClFN6O3/c1-10-3-5-12(8-13(10)21)23-16(28)9-27-18(22)17(25-26-27)19(29)24-14-7-11(20)4-6-15(14)30-2/h3-8H,9,22H2,1-2H3,(H,23,28)(H,24,29). The molecule has 3 rings (SSSR count). The zero-order valence-electron chi connectivity index (χ0n) is 16.1. The van der Waals surface area contributed by atoms with E-state index < -0.39 is 17.6 Å². The van der Waals surface area contributed by atoms with Crippen LogP contribution in [0.2, 0.25) is 5.02 Å². The number of hydrogen-bond donors (Lipinski definition) is 3. The summed E-state index contributed by atoms with van der Waals surface area (Å²) >= 11 is 5.95. The highest BCUT2D eigenvalue weighted by Gasteiger charge is 2.20. The molecule has 1 heterocycles. The quantitative estimate of drug-likeness (QED) is 0.550. The maximum absolute atomic E-state index is 13.6. The number of nitrogen functional groups attached to an aromatic ring is 1. The smallest absolute Gasteiger partial charge is 0.280 e. The van der Waals surface area contributed by atoms with Gasteiger partial charge < -0.3 is 21.1 Å². The number of nitrogens with one attached hydrogen (secondary N) is 2. The monoisotopic (exact) mass is 432 g/mol. The molecule has 156 valence electrons. The average Bonchev–Trinajstić information content (AvgIpc) is 3.05. The molecule has 0 aliphatic heterocycles. The molecule has 3 aromatic rings. The summed E-state index contributed by atoms with van der Waals surface area (Å²) in [4.78, 5) is 24.7. The van der Waals surface area contributed by atoms with Gasteiger partial charge in [0.25, 0.3) is 5.91 Å². The lowest BCUT2D eigenvalue weighted by Gasteiger charge is -2.10. The lowest BCUT2D eigenvalue weighted by Crippen LogP contribution is -2.21. The fourth-order valence-corrected chi connectivity index (χ4v) is 2.74. The molecule has 0 fully saturated rings. The fraction of sp³-hybridized carbons (Fsp3) is 0.158. The number of ether oxygens (including phenoxy) is 1. The molecule has 4 N–H and O–H groups in total. The van der Waals surface area contributed by atoms with Gasteiger partial charge in [0.05, 0.1) is 12.8 Å². The second-order valence-electron chi connectivity index (χ2n) is 6.29. The van der Waals surface area contributed by atoms with E-state index in [1.807, 2.05) is 0 Å². The largest absolute Gasteiger partial charge is 0.495 e. The van der Waals surface area contributed by atoms with Gasteiger partial charge in [0.2, 0.25) is 5.91 Å². The summed E-state index contributed by atoms with van der Waals surface area (Å²) in [5, 5.41) is 13.0. The third-order valence-corrected chi connectivity index (χ3v) is 4.38. The van der Waals surface area contributed by atoms with Gasteiger partial charge in [-0.3, -0.25) is 9.59 Å². The van der Waals surface area contributed by atoms with Crippen LogP contribution in [0.1, 0.15) is 16.1 Å². The van der Waals surface area contributed by atoms with Gasteiger partial charge >= 0.3 is 0 Å². The first-order chi connectivity index (χ1) is 14.3. The van der Waals surface area contributed by atoms with Gasteiger partial charge in [-0.2, -0.15) is 0 Å². The Hall–Kier alpha value is -3.66. The number of aryl methyl sites for hydroxylation is 1. The number of halogens is 2. The molecular formula is C19H18ClFN6O3. The van der Waals surface area contributed by atoms with Crippen molar-refractivity contribution in [2.75, 3.05) is 23.5 Å². The van der Waals surface area contributed by atoms with Crippen LogP contribution in [-0.2, 0) is 11.3 Å². The molecule has 0 radical (unpaired) electrons. The van der Waals surface area contributed by atoms with E-state index in [1.54, 1.807) is 31.2 Å². The van der Waals surface area contributed by atoms with Gasteiger partial charge in [0, 0.05) is 10.7 Å². The third-order valence-electron chi connectivity index (χ3n) is 4.15. The Labute approximate surface area is 176 Å². The van der Waals surface area contributed by atoms with Crippen molar-refractivity contribution in [3.05, 3.63) is 58.5 Å². The summed E-state index contributed by atoms with van der Waals surface area (Å²) in [6, 6.07) is 9.03. The molecule has 2 amide bonds. The van der Waals surface area contributed by atoms with Gasteiger partial charge in [0.15, 0.2) is 11.5 Å². The molecule has 11 heteroatoms. The maximum atomic E-state index is 13.6. The van der Waals surface area contributed by atoms with Gasteiger partial charge in [0.1, 0.15) is 18.1 Å². The predicted molar refractivity (Wildman–Crippen MR) is 110 cm³/mol. The number of nitrogens with two attached hydrogens (primary N) is 1. The van der Waals surface area contributed by atoms with E-state index in [4.69, 9.17) is 22.1 Å². The number of benzene rings is 2. The highest BCUT2D eigenvalue weighted by atomic mass is 35.5. The maximum Gasteiger partial charge on any atom is 0.280 e. The Kier molecular flexibility index (Phi) is 6.17. The van der Waals surface area contributed by atoms with E-state index in [0.29, 0.717) is 22.0 Å². The molecule has 0 aliphatic carbocycles. The lowest BCUT2D eigenvalue weighted by molar-refractivity contribution is -0.116. The van der Waals surface area contributed by atoms with Crippen molar-refractivity contribution in [1.82, 2.24) is 15.0 Å². The molecule has 0 spiro atoms. The van der Waals surface area contributed by atoms with E-state index in [1.165, 1.54) is 19.2 Å². The average molecular weight is 433 g/mol. The highest BCUT2D eigenvalue weighted by molar-refractivity contribution is 6.31. The third kappa shape index (κ3) is 4.66. The van der Waals surface area contributed by atoms with E-state index in [-0.39, 0.29) is 23.7 Å². The number of methoxy groups -OCH3 is 1. The zero-order chi connectivity index (χ0) is 21.8. The molecule has 0 saturated heterocycles. The number of carbonyl (C=O) groups is 2. The summed E-state index contributed by atoms with van der Waals surface area (Å²) in [5.41, 5.74) is 6.82. The molecule has 1 aromatic heterocycles. The number of anilines is 3. The SMILES string of the molecule is COc1ccc(Cl)cc1NC(=O)c1nnn(CC(=O)Nc2ccc(C)c(F)c2)c1N. The molecule has 0 bridgehead atoms. The minimum atomic E-state index is -0.652. The van der Waals surface area contributed by atoms with Gasteiger partial charge in [-0.1, -0.05) is 22.9 Å². The number of aromatic nitrogens is 3. The summed E-state index contributed by atoms with van der Waals surface area (Å²) in [5.74, 6) is -1.33. The number of carbonyl (C=O) groups excluding carboxylic acids is 2. The van der Waals surface area contributed by atoms with Crippen molar-refractivity contribution in [1.29, 1.82) is 0 Å². The van der Waals surface area contributed by atoms with Gasteiger partial charge in [-0.15, -0.1) is 5.10 Å². The summed E-state index contributed by atoms with van der Waals surface area (Å²) in [6.45, 7) is 1.30. The van der Waals surface area contributed by atoms with Crippen LogP contribution < -0.4 is 21.1 Å². The molecule has 9 nitrogen and oxygen atoms in total. The van der Waals surface area contributed by atoms with Crippen LogP contribution in [0.15, 0.2) is 36.4 Å². The van der Waals surface area contributed by atoms with Crippen LogP contribution in [0, 0.1) is 12.7 Å². The first kappa shape index (κ1) is 21.1. The predicted octanol–water partition coefficient (Wildman–Crippen LogP) is 2.86. The lowest BCUT2D eigenvalue weighted by atomic mass is 10.2. The van der Waals surface area contributed by atoms with Crippen molar-refractivity contribution in [3.63, 3.8) is 0 Å². The number of rotatable bonds is 6. The van der Waals surface area contributed by atoms with Crippen LogP contribution in [0.3, 0.4) is 0 Å². The Morgan fingerprint density at radius 2 is 2.00 bits per heavy atom. The molecule has 0 saturated carbocycles. The fourth-order valence-electron chi connectivity index (χ4n) is 2.57.